The van der Waals surface area contributed by atoms with Crippen LogP contribution in [0.25, 0.3) is 0 Å². The predicted molar refractivity (Wildman–Crippen MR) is 72.2 cm³/mol. The number of hydrogen-bond acceptors (Lipinski definition) is 4. The summed E-state index contributed by atoms with van der Waals surface area (Å²) in [7, 11) is 0. The largest absolute Gasteiger partial charge is 0.508 e. The highest BCUT2D eigenvalue weighted by atomic mass is 16.4. The zero-order chi connectivity index (χ0) is 13.9. The maximum atomic E-state index is 11.8. The third kappa shape index (κ3) is 2.72. The van der Waals surface area contributed by atoms with Crippen molar-refractivity contribution in [3.63, 3.8) is 0 Å². The number of nitrogens with zero attached hydrogens (tertiary/aromatic N) is 1. The Bertz CT molecular complexity index is 456. The second-order valence-corrected chi connectivity index (χ2v) is 5.02. The minimum Gasteiger partial charge on any atom is -0.508 e. The first kappa shape index (κ1) is 13.8. The fourth-order valence-electron chi connectivity index (χ4n) is 2.54. The van der Waals surface area contributed by atoms with Crippen LogP contribution < -0.4 is 5.32 Å². The van der Waals surface area contributed by atoms with Crippen LogP contribution in [-0.2, 0) is 10.3 Å². The standard InChI is InChI=1S/C14H20N2O3/c1-14(13(18)19,11-4-2-5-12(17)10-11)16-8-3-6-15-7-9-16/h2,4-5,10,15,17H,3,6-9H2,1H3,(H,18,19). The van der Waals surface area contributed by atoms with Gasteiger partial charge in [-0.05, 0) is 37.6 Å². The van der Waals surface area contributed by atoms with Gasteiger partial charge in [0.15, 0.2) is 0 Å². The van der Waals surface area contributed by atoms with E-state index in [1.165, 1.54) is 6.07 Å². The Labute approximate surface area is 112 Å². The minimum atomic E-state index is -1.11. The molecule has 0 aromatic heterocycles. The highest BCUT2D eigenvalue weighted by molar-refractivity contribution is 5.80. The first-order valence-electron chi connectivity index (χ1n) is 6.54. The van der Waals surface area contributed by atoms with Crippen LogP contribution in [0.2, 0.25) is 0 Å². The Balaban J connectivity index is 2.38. The fourth-order valence-corrected chi connectivity index (χ4v) is 2.54. The van der Waals surface area contributed by atoms with Crippen LogP contribution in [0.4, 0.5) is 0 Å². The van der Waals surface area contributed by atoms with Crippen LogP contribution in [0, 0.1) is 0 Å². The number of aliphatic carboxylic acids is 1. The average Bonchev–Trinajstić information content (AvgIpc) is 2.66. The van der Waals surface area contributed by atoms with Crippen molar-refractivity contribution in [1.29, 1.82) is 0 Å². The Morgan fingerprint density at radius 2 is 2.16 bits per heavy atom. The number of benzene rings is 1. The molecule has 2 rings (SSSR count). The molecule has 0 radical (unpaired) electrons. The quantitative estimate of drug-likeness (QED) is 0.759. The van der Waals surface area contributed by atoms with Gasteiger partial charge in [-0.25, -0.2) is 4.79 Å². The molecule has 1 aromatic rings. The maximum Gasteiger partial charge on any atom is 0.328 e. The van der Waals surface area contributed by atoms with Gasteiger partial charge in [-0.3, -0.25) is 4.90 Å². The van der Waals surface area contributed by atoms with Gasteiger partial charge in [0.2, 0.25) is 0 Å². The molecule has 5 heteroatoms. The molecule has 0 aliphatic carbocycles. The average molecular weight is 264 g/mol. The third-order valence-corrected chi connectivity index (χ3v) is 3.80. The topological polar surface area (TPSA) is 72.8 Å². The second kappa shape index (κ2) is 5.59. The van der Waals surface area contributed by atoms with Crippen LogP contribution in [0.15, 0.2) is 24.3 Å². The van der Waals surface area contributed by atoms with Crippen LogP contribution in [-0.4, -0.2) is 47.3 Å². The van der Waals surface area contributed by atoms with E-state index in [4.69, 9.17) is 0 Å². The number of aromatic hydroxyl groups is 1. The monoisotopic (exact) mass is 264 g/mol. The molecule has 5 nitrogen and oxygen atoms in total. The lowest BCUT2D eigenvalue weighted by Gasteiger charge is -2.37. The predicted octanol–water partition coefficient (Wildman–Crippen LogP) is 0.987. The first-order chi connectivity index (χ1) is 9.05. The van der Waals surface area contributed by atoms with Crippen molar-refractivity contribution in [2.75, 3.05) is 26.2 Å². The number of carboxylic acids is 1. The summed E-state index contributed by atoms with van der Waals surface area (Å²) >= 11 is 0. The van der Waals surface area contributed by atoms with Gasteiger partial charge in [0, 0.05) is 19.6 Å². The van der Waals surface area contributed by atoms with Crippen molar-refractivity contribution in [2.24, 2.45) is 0 Å². The van der Waals surface area contributed by atoms with E-state index in [-0.39, 0.29) is 5.75 Å². The molecule has 1 fully saturated rings. The zero-order valence-electron chi connectivity index (χ0n) is 11.1. The molecular formula is C14H20N2O3. The molecule has 0 amide bonds. The van der Waals surface area contributed by atoms with Gasteiger partial charge >= 0.3 is 5.97 Å². The van der Waals surface area contributed by atoms with Crippen molar-refractivity contribution >= 4 is 5.97 Å². The molecule has 1 aromatic carbocycles. The van der Waals surface area contributed by atoms with Crippen molar-refractivity contribution in [1.82, 2.24) is 10.2 Å². The van der Waals surface area contributed by atoms with Crippen molar-refractivity contribution < 1.29 is 15.0 Å². The highest BCUT2D eigenvalue weighted by Crippen LogP contribution is 2.31. The van der Waals surface area contributed by atoms with Gasteiger partial charge in [-0.2, -0.15) is 0 Å². The number of phenolic OH excluding ortho intramolecular Hbond substituents is 1. The van der Waals surface area contributed by atoms with E-state index < -0.39 is 11.5 Å². The molecule has 104 valence electrons. The molecule has 1 heterocycles. The number of rotatable bonds is 3. The van der Waals surface area contributed by atoms with Crippen LogP contribution >= 0.6 is 0 Å². The summed E-state index contributed by atoms with van der Waals surface area (Å²) in [4.78, 5) is 13.8. The van der Waals surface area contributed by atoms with E-state index in [1.54, 1.807) is 25.1 Å². The first-order valence-corrected chi connectivity index (χ1v) is 6.54. The summed E-state index contributed by atoms with van der Waals surface area (Å²) in [5, 5.41) is 22.5. The van der Waals surface area contributed by atoms with E-state index in [0.717, 1.165) is 26.1 Å². The Morgan fingerprint density at radius 3 is 2.84 bits per heavy atom. The van der Waals surface area contributed by atoms with Gasteiger partial charge in [-0.1, -0.05) is 12.1 Å². The van der Waals surface area contributed by atoms with Crippen LogP contribution in [0.5, 0.6) is 5.75 Å². The number of nitrogens with one attached hydrogen (secondary N) is 1. The summed E-state index contributed by atoms with van der Waals surface area (Å²) in [6.07, 6.45) is 0.918. The SMILES string of the molecule is CC(C(=O)O)(c1cccc(O)c1)N1CCCNCC1. The lowest BCUT2D eigenvalue weighted by Crippen LogP contribution is -2.51. The number of carbonyl (C=O) groups is 1. The summed E-state index contributed by atoms with van der Waals surface area (Å²) < 4.78 is 0. The molecule has 1 aliphatic heterocycles. The van der Waals surface area contributed by atoms with Gasteiger partial charge in [-0.15, -0.1) is 0 Å². The van der Waals surface area contributed by atoms with E-state index in [2.05, 4.69) is 5.32 Å². The van der Waals surface area contributed by atoms with Gasteiger partial charge in [0.25, 0.3) is 0 Å². The molecule has 1 saturated heterocycles. The third-order valence-electron chi connectivity index (χ3n) is 3.80. The number of phenols is 1. The lowest BCUT2D eigenvalue weighted by molar-refractivity contribution is -0.151. The molecular weight excluding hydrogens is 244 g/mol. The lowest BCUT2D eigenvalue weighted by atomic mass is 9.89. The fraction of sp³-hybridized carbons (Fsp3) is 0.500. The van der Waals surface area contributed by atoms with Gasteiger partial charge in [0.05, 0.1) is 0 Å². The molecule has 0 bridgehead atoms. The Hall–Kier alpha value is -1.59. The second-order valence-electron chi connectivity index (χ2n) is 5.02. The van der Waals surface area contributed by atoms with Crippen molar-refractivity contribution in [3.8, 4) is 5.75 Å². The summed E-state index contributed by atoms with van der Waals surface area (Å²) in [5.41, 5.74) is -0.494. The number of carboxylic acid groups (broad SMARTS) is 1. The summed E-state index contributed by atoms with van der Waals surface area (Å²) in [6, 6.07) is 6.52. The smallest absolute Gasteiger partial charge is 0.328 e. The molecule has 3 N–H and O–H groups in total. The molecule has 1 atom stereocenters. The molecule has 1 unspecified atom stereocenters. The maximum absolute atomic E-state index is 11.8. The van der Waals surface area contributed by atoms with Gasteiger partial charge < -0.3 is 15.5 Å². The Kier molecular flexibility index (Phi) is 4.07. The van der Waals surface area contributed by atoms with Crippen molar-refractivity contribution in [3.05, 3.63) is 29.8 Å². The molecule has 0 saturated carbocycles. The van der Waals surface area contributed by atoms with E-state index >= 15 is 0 Å². The van der Waals surface area contributed by atoms with Crippen LogP contribution in [0.3, 0.4) is 0 Å². The van der Waals surface area contributed by atoms with E-state index in [0.29, 0.717) is 12.1 Å². The Morgan fingerprint density at radius 1 is 1.37 bits per heavy atom. The summed E-state index contributed by atoms with van der Waals surface area (Å²) in [5.74, 6) is -0.794. The number of hydrogen-bond donors (Lipinski definition) is 3. The minimum absolute atomic E-state index is 0.0953. The van der Waals surface area contributed by atoms with Gasteiger partial charge in [0.1, 0.15) is 11.3 Å². The van der Waals surface area contributed by atoms with Crippen LogP contribution in [0.1, 0.15) is 18.9 Å². The molecule has 1 aliphatic rings. The normalized spacial score (nSPS) is 20.5. The molecule has 0 spiro atoms. The van der Waals surface area contributed by atoms with Crippen molar-refractivity contribution in [2.45, 2.75) is 18.9 Å². The highest BCUT2D eigenvalue weighted by Gasteiger charge is 2.41. The zero-order valence-corrected chi connectivity index (χ0v) is 11.1. The van der Waals surface area contributed by atoms with E-state index in [9.17, 15) is 15.0 Å². The molecule has 19 heavy (non-hydrogen) atoms. The summed E-state index contributed by atoms with van der Waals surface area (Å²) in [6.45, 7) is 4.80. The van der Waals surface area contributed by atoms with E-state index in [1.807, 2.05) is 4.90 Å².